The van der Waals surface area contributed by atoms with Crippen molar-refractivity contribution in [1.29, 1.82) is 0 Å². The molecule has 6 atom stereocenters. The molecule has 50 heavy (non-hydrogen) atoms. The number of aryl methyl sites for hydroxylation is 1. The maximum absolute atomic E-state index is 15.2. The van der Waals surface area contributed by atoms with Crippen LogP contribution >= 0.6 is 22.6 Å². The van der Waals surface area contributed by atoms with Crippen LogP contribution in [0.4, 0.5) is 11.4 Å². The van der Waals surface area contributed by atoms with Crippen molar-refractivity contribution in [2.24, 2.45) is 23.7 Å². The minimum absolute atomic E-state index is 0.0622. The first-order chi connectivity index (χ1) is 24.1. The maximum atomic E-state index is 15.2. The molecule has 4 aromatic rings. The second-order valence-electron chi connectivity index (χ2n) is 13.5. The summed E-state index contributed by atoms with van der Waals surface area (Å²) in [6.07, 6.45) is 2.54. The Morgan fingerprint density at radius 3 is 2.28 bits per heavy atom. The lowest BCUT2D eigenvalue weighted by Gasteiger charge is -2.50. The Morgan fingerprint density at radius 1 is 0.860 bits per heavy atom. The average Bonchev–Trinajstić information content (AvgIpc) is 3.51. The van der Waals surface area contributed by atoms with Gasteiger partial charge in [0.05, 0.1) is 41.7 Å². The normalized spacial score (nSPS) is 27.1. The zero-order chi connectivity index (χ0) is 34.9. The largest absolute Gasteiger partial charge is 0.504 e. The summed E-state index contributed by atoms with van der Waals surface area (Å²) in [6.45, 7) is 1.96. The van der Waals surface area contributed by atoms with Crippen LogP contribution in [0.3, 0.4) is 0 Å². The van der Waals surface area contributed by atoms with Crippen molar-refractivity contribution in [2.45, 2.75) is 31.1 Å². The summed E-state index contributed by atoms with van der Waals surface area (Å²) < 4.78 is 6.53. The van der Waals surface area contributed by atoms with E-state index < -0.39 is 46.8 Å². The number of rotatable bonds is 6. The number of hydrogen-bond donors (Lipinski definition) is 2. The number of carbonyl (C=O) groups is 4. The number of carbonyl (C=O) groups excluding carboxylic acids is 4. The molecule has 4 aromatic carbocycles. The van der Waals surface area contributed by atoms with Crippen LogP contribution in [-0.4, -0.2) is 40.9 Å². The predicted octanol–water partition coefficient (Wildman–Crippen LogP) is 6.50. The molecule has 2 aliphatic heterocycles. The van der Waals surface area contributed by atoms with Gasteiger partial charge in [0, 0.05) is 9.49 Å². The molecule has 0 radical (unpaired) electrons. The van der Waals surface area contributed by atoms with Gasteiger partial charge < -0.3 is 9.84 Å². The van der Waals surface area contributed by atoms with Crippen molar-refractivity contribution >= 4 is 57.6 Å². The zero-order valence-corrected chi connectivity index (χ0v) is 29.5. The number of nitrogens with one attached hydrogen (secondary N) is 1. The van der Waals surface area contributed by atoms with E-state index in [1.807, 2.05) is 79.7 Å². The predicted molar refractivity (Wildman–Crippen MR) is 195 cm³/mol. The summed E-state index contributed by atoms with van der Waals surface area (Å²) >= 11 is 2.19. The van der Waals surface area contributed by atoms with E-state index in [0.29, 0.717) is 28.9 Å². The molecule has 2 N–H and O–H groups in total. The molecule has 10 heteroatoms. The highest BCUT2D eigenvalue weighted by Gasteiger charge is 2.70. The van der Waals surface area contributed by atoms with Gasteiger partial charge in [0.2, 0.25) is 11.8 Å². The molecule has 0 aromatic heterocycles. The summed E-state index contributed by atoms with van der Waals surface area (Å²) in [6, 6.07) is 29.1. The van der Waals surface area contributed by atoms with E-state index in [0.717, 1.165) is 19.7 Å². The number of fused-ring (bicyclic) bond motifs is 4. The topological polar surface area (TPSA) is 116 Å². The number of anilines is 2. The quantitative estimate of drug-likeness (QED) is 0.130. The maximum Gasteiger partial charge on any atom is 0.260 e. The third kappa shape index (κ3) is 4.71. The second kappa shape index (κ2) is 12.1. The number of ether oxygens (including phenoxy) is 1. The van der Waals surface area contributed by atoms with Crippen molar-refractivity contribution < 1.29 is 29.0 Å². The summed E-state index contributed by atoms with van der Waals surface area (Å²) in [5.41, 5.74) is 6.02. The number of imide groups is 2. The van der Waals surface area contributed by atoms with Crippen molar-refractivity contribution in [1.82, 2.24) is 5.01 Å². The zero-order valence-electron chi connectivity index (χ0n) is 27.4. The fourth-order valence-corrected chi connectivity index (χ4v) is 9.20. The number of hydrogen-bond acceptors (Lipinski definition) is 7. The number of methoxy groups -OCH3 is 1. The van der Waals surface area contributed by atoms with E-state index in [1.165, 1.54) is 18.1 Å². The van der Waals surface area contributed by atoms with Crippen LogP contribution in [0.15, 0.2) is 109 Å². The molecule has 2 aliphatic carbocycles. The highest BCUT2D eigenvalue weighted by Crippen LogP contribution is 2.64. The Hall–Kier alpha value is -4.97. The fourth-order valence-electron chi connectivity index (χ4n) is 8.84. The van der Waals surface area contributed by atoms with Crippen LogP contribution in [0.2, 0.25) is 0 Å². The first-order valence-corrected chi connectivity index (χ1v) is 17.7. The average molecular weight is 780 g/mol. The molecule has 1 saturated carbocycles. The molecular formula is C40H34IN3O6. The van der Waals surface area contributed by atoms with E-state index in [2.05, 4.69) is 28.0 Å². The van der Waals surface area contributed by atoms with Crippen LogP contribution in [0, 0.1) is 34.2 Å². The van der Waals surface area contributed by atoms with Crippen molar-refractivity contribution in [3.8, 4) is 11.5 Å². The number of aromatic hydroxyl groups is 1. The summed E-state index contributed by atoms with van der Waals surface area (Å²) in [7, 11) is 1.46. The Balaban J connectivity index is 1.32. The number of amides is 4. The van der Waals surface area contributed by atoms with Crippen LogP contribution in [0.1, 0.15) is 35.4 Å². The number of phenolic OH excluding ortho intramolecular Hbond substituents is 1. The van der Waals surface area contributed by atoms with Crippen LogP contribution < -0.4 is 15.1 Å². The molecule has 0 spiro atoms. The third-order valence-corrected chi connectivity index (χ3v) is 11.7. The lowest BCUT2D eigenvalue weighted by Crippen LogP contribution is -2.53. The molecule has 3 fully saturated rings. The van der Waals surface area contributed by atoms with E-state index in [4.69, 9.17) is 4.74 Å². The van der Waals surface area contributed by atoms with Gasteiger partial charge in [0.25, 0.3) is 11.8 Å². The van der Waals surface area contributed by atoms with Crippen molar-refractivity contribution in [3.63, 3.8) is 0 Å². The van der Waals surface area contributed by atoms with E-state index in [1.54, 1.807) is 24.3 Å². The monoisotopic (exact) mass is 779 g/mol. The van der Waals surface area contributed by atoms with E-state index in [9.17, 15) is 19.5 Å². The summed E-state index contributed by atoms with van der Waals surface area (Å²) in [4.78, 5) is 59.7. The van der Waals surface area contributed by atoms with Gasteiger partial charge >= 0.3 is 0 Å². The number of halogens is 1. The molecule has 4 amide bonds. The summed E-state index contributed by atoms with van der Waals surface area (Å²) in [5, 5.41) is 11.8. The number of allylic oxidation sites excluding steroid dienone is 2. The second-order valence-corrected chi connectivity index (χ2v) is 14.8. The molecule has 8 rings (SSSR count). The molecule has 9 nitrogen and oxygen atoms in total. The first kappa shape index (κ1) is 32.2. The fraction of sp³-hybridized carbons (Fsp3) is 0.250. The highest BCUT2D eigenvalue weighted by atomic mass is 127. The molecule has 4 aliphatic rings. The van der Waals surface area contributed by atoms with Crippen LogP contribution in [0.25, 0.3) is 0 Å². The highest BCUT2D eigenvalue weighted by molar-refractivity contribution is 14.1. The van der Waals surface area contributed by atoms with Crippen molar-refractivity contribution in [3.05, 3.63) is 129 Å². The van der Waals surface area contributed by atoms with E-state index in [-0.39, 0.29) is 29.7 Å². The smallest absolute Gasteiger partial charge is 0.260 e. The van der Waals surface area contributed by atoms with Crippen LogP contribution in [-0.2, 0) is 24.6 Å². The molecular weight excluding hydrogens is 745 g/mol. The number of hydrazine groups is 1. The van der Waals surface area contributed by atoms with Gasteiger partial charge in [-0.3, -0.25) is 29.5 Å². The SMILES string of the molecule is COc1cc(C2C3=CCC4C(=O)N(c5ccc(I)cc5)C(=O)C4C3CC3C(=O)N(Nc4ccc(C)cc4)C(=O)C32c2ccccc2)ccc1O. The van der Waals surface area contributed by atoms with Gasteiger partial charge in [-0.25, -0.2) is 0 Å². The number of benzene rings is 4. The number of nitrogens with zero attached hydrogens (tertiary/aromatic N) is 2. The lowest BCUT2D eigenvalue weighted by molar-refractivity contribution is -0.138. The standard InChI is InChI=1S/C40H34IN3O6/c1-22-8-13-26(14-9-22)42-44-37(47)31-21-30-28(17-18-29-34(30)38(48)43(36(29)46)27-15-11-25(41)12-16-27)35(23-10-19-32(45)33(20-23)50-2)40(31,39(44)49)24-6-4-3-5-7-24/h3-17,19-20,29-31,34-35,42,45H,18,21H2,1-2H3. The molecule has 0 bridgehead atoms. The lowest BCUT2D eigenvalue weighted by atomic mass is 9.49. The minimum Gasteiger partial charge on any atom is -0.504 e. The van der Waals surface area contributed by atoms with Gasteiger partial charge in [-0.15, -0.1) is 0 Å². The van der Waals surface area contributed by atoms with Gasteiger partial charge in [-0.2, -0.15) is 5.01 Å². The Bertz CT molecular complexity index is 2080. The molecule has 6 unspecified atom stereocenters. The van der Waals surface area contributed by atoms with Crippen LogP contribution in [0.5, 0.6) is 11.5 Å². The first-order valence-electron chi connectivity index (χ1n) is 16.6. The molecule has 252 valence electrons. The van der Waals surface area contributed by atoms with Crippen molar-refractivity contribution in [2.75, 3.05) is 17.4 Å². The molecule has 2 saturated heterocycles. The van der Waals surface area contributed by atoms with Gasteiger partial charge in [0.1, 0.15) is 0 Å². The Morgan fingerprint density at radius 2 is 1.58 bits per heavy atom. The minimum atomic E-state index is -1.41. The van der Waals surface area contributed by atoms with Gasteiger partial charge in [-0.1, -0.05) is 65.7 Å². The van der Waals surface area contributed by atoms with Gasteiger partial charge in [-0.05, 0) is 108 Å². The Kier molecular flexibility index (Phi) is 7.81. The number of phenols is 1. The van der Waals surface area contributed by atoms with E-state index >= 15 is 4.79 Å². The van der Waals surface area contributed by atoms with Gasteiger partial charge in [0.15, 0.2) is 11.5 Å². The third-order valence-electron chi connectivity index (χ3n) is 11.0. The Labute approximate surface area is 303 Å². The summed E-state index contributed by atoms with van der Waals surface area (Å²) in [5.74, 6) is -4.60. The molecule has 2 heterocycles.